The van der Waals surface area contributed by atoms with Gasteiger partial charge < -0.3 is 18.9 Å². The highest BCUT2D eigenvalue weighted by molar-refractivity contribution is 5.26. The first-order chi connectivity index (χ1) is 41.2. The first kappa shape index (κ1) is 79.6. The number of fused-ring (bicyclic) bond motifs is 3. The van der Waals surface area contributed by atoms with E-state index < -0.39 is 23.3 Å². The van der Waals surface area contributed by atoms with Gasteiger partial charge in [-0.3, -0.25) is 0 Å². The van der Waals surface area contributed by atoms with E-state index in [2.05, 4.69) is 100 Å². The van der Waals surface area contributed by atoms with Crippen LogP contribution in [0.5, 0.6) is 0 Å². The number of hydrogen-bond donors (Lipinski definition) is 0. The van der Waals surface area contributed by atoms with Crippen LogP contribution in [0.3, 0.4) is 0 Å². The number of rotatable bonds is 0. The monoisotopic (exact) mass is 1230 g/mol. The zero-order chi connectivity index (χ0) is 66.3. The van der Waals surface area contributed by atoms with Crippen molar-refractivity contribution in [3.05, 3.63) is 175 Å². The quantitative estimate of drug-likeness (QED) is 0.145. The van der Waals surface area contributed by atoms with Crippen LogP contribution in [0.4, 0.5) is 26.3 Å². The molecule has 88 heavy (non-hydrogen) atoms. The van der Waals surface area contributed by atoms with Gasteiger partial charge in [0.15, 0.2) is 17.9 Å². The van der Waals surface area contributed by atoms with Crippen LogP contribution < -0.4 is 0 Å². The summed E-state index contributed by atoms with van der Waals surface area (Å²) in [6.45, 7) is 43.8. The van der Waals surface area contributed by atoms with Crippen LogP contribution in [-0.4, -0.2) is 44.9 Å². The summed E-state index contributed by atoms with van der Waals surface area (Å²) in [4.78, 5) is 0. The maximum absolute atomic E-state index is 12.6. The van der Waals surface area contributed by atoms with Gasteiger partial charge in [-0.1, -0.05) is 146 Å². The topological polar surface area (TPSA) is 36.9 Å². The molecule has 5 aromatic rings. The maximum Gasteiger partial charge on any atom is 0.161 e. The molecule has 4 saturated carbocycles. The summed E-state index contributed by atoms with van der Waals surface area (Å²) in [5.74, 6) is 1.56. The van der Waals surface area contributed by atoms with Crippen LogP contribution in [0.25, 0.3) is 0 Å². The van der Waals surface area contributed by atoms with Gasteiger partial charge in [-0.05, 0) is 252 Å². The zero-order valence-corrected chi connectivity index (χ0v) is 58.3. The standard InChI is InChI=1S/C10H18.2C8H8F2.2C8H9F.C8H16.C8H10.2C7H14O.C6H12O2/c1-9-3-6-10(2,7-4-9)8-5-9;1-5-3-7(9)6(2)8(10)4-5;1-5-3-4-6(2)8(10)7(5)9;2*1-6-3-4-7(2)8(9)5-6;2*1-7-3-5-8(2)6-4-7;2*1-6-3-4-7(2)8-5-6;1-5-3-7-6(2)8-4-5/h3-8H2,1-2H3;2*3-4H,1-2H3;2*3-5H,1-2H3;7-8H,3-6H2,1-2H3;3-6H,1-2H3;2*6-7H,3-5H2,1-2H3;5-6H,3-4H2,1-2H3. The second-order valence-electron chi connectivity index (χ2n) is 27.8. The van der Waals surface area contributed by atoms with Gasteiger partial charge in [0.05, 0.1) is 25.4 Å². The van der Waals surface area contributed by atoms with Crippen LogP contribution in [0.15, 0.2) is 84.9 Å². The maximum atomic E-state index is 12.6. The summed E-state index contributed by atoms with van der Waals surface area (Å²) in [7, 11) is 0. The Labute approximate surface area is 532 Å². The average Bonchev–Trinajstić information content (AvgIpc) is 1.53. The number of halogens is 6. The molecule has 7 aliphatic rings. The lowest BCUT2D eigenvalue weighted by molar-refractivity contribution is -0.187. The first-order valence-electron chi connectivity index (χ1n) is 33.0. The summed E-state index contributed by atoms with van der Waals surface area (Å²) in [5.41, 5.74) is 8.94. The van der Waals surface area contributed by atoms with Gasteiger partial charge in [-0.2, -0.15) is 0 Å². The smallest absolute Gasteiger partial charge is 0.161 e. The molecule has 4 aliphatic carbocycles. The second-order valence-corrected chi connectivity index (χ2v) is 27.8. The summed E-state index contributed by atoms with van der Waals surface area (Å²) in [6.07, 6.45) is 21.2. The number of aryl methyl sites for hydroxylation is 9. The molecular formula is C78H118F6O4. The Bertz CT molecular complexity index is 2410. The molecule has 0 amide bonds. The second kappa shape index (κ2) is 41.1. The minimum atomic E-state index is -0.736. The molecular weight excluding hydrogens is 1110 g/mol. The van der Waals surface area contributed by atoms with Crippen LogP contribution in [0, 0.1) is 145 Å². The van der Waals surface area contributed by atoms with Crippen molar-refractivity contribution in [1.82, 2.24) is 0 Å². The van der Waals surface area contributed by atoms with E-state index in [1.165, 1.54) is 146 Å². The van der Waals surface area contributed by atoms with Crippen molar-refractivity contribution >= 4 is 0 Å². The highest BCUT2D eigenvalue weighted by atomic mass is 19.2. The molecule has 7 fully saturated rings. The van der Waals surface area contributed by atoms with Crippen molar-refractivity contribution in [2.24, 2.45) is 40.4 Å². The van der Waals surface area contributed by atoms with E-state index in [1.54, 1.807) is 45.0 Å². The highest BCUT2D eigenvalue weighted by Crippen LogP contribution is 2.56. The fourth-order valence-corrected chi connectivity index (χ4v) is 10.3. The summed E-state index contributed by atoms with van der Waals surface area (Å²) in [6, 6.07) is 24.7. The lowest BCUT2D eigenvalue weighted by Gasteiger charge is -2.50. The normalized spacial score (nSPS) is 25.6. The van der Waals surface area contributed by atoms with Gasteiger partial charge in [0.25, 0.3) is 0 Å². The zero-order valence-electron chi connectivity index (χ0n) is 58.3. The van der Waals surface area contributed by atoms with E-state index in [0.29, 0.717) is 45.9 Å². The molecule has 0 radical (unpaired) electrons. The molecule has 4 unspecified atom stereocenters. The summed E-state index contributed by atoms with van der Waals surface area (Å²) >= 11 is 0. The van der Waals surface area contributed by atoms with Crippen LogP contribution in [0.1, 0.15) is 215 Å². The number of benzene rings is 5. The molecule has 4 atom stereocenters. The van der Waals surface area contributed by atoms with E-state index in [-0.39, 0.29) is 23.5 Å². The van der Waals surface area contributed by atoms with Crippen LogP contribution in [-0.2, 0) is 18.9 Å². The molecule has 4 nitrogen and oxygen atoms in total. The van der Waals surface area contributed by atoms with Crippen molar-refractivity contribution in [1.29, 1.82) is 0 Å². The van der Waals surface area contributed by atoms with Crippen LogP contribution >= 0.6 is 0 Å². The third-order valence-corrected chi connectivity index (χ3v) is 17.8. The molecule has 0 aromatic heterocycles. The van der Waals surface area contributed by atoms with Crippen molar-refractivity contribution in [3.63, 3.8) is 0 Å². The molecule has 0 N–H and O–H groups in total. The van der Waals surface area contributed by atoms with Gasteiger partial charge in [-0.25, -0.2) is 26.3 Å². The van der Waals surface area contributed by atoms with Gasteiger partial charge >= 0.3 is 0 Å². The number of ether oxygens (including phenoxy) is 4. The van der Waals surface area contributed by atoms with Gasteiger partial charge in [0.2, 0.25) is 0 Å². The molecule has 10 heteroatoms. The molecule has 12 rings (SSSR count). The van der Waals surface area contributed by atoms with Gasteiger partial charge in [-0.15, -0.1) is 0 Å². The summed E-state index contributed by atoms with van der Waals surface area (Å²) in [5, 5.41) is 0. The minimum absolute atomic E-state index is 0.0196. The Morgan fingerprint density at radius 3 is 0.841 bits per heavy atom. The highest BCUT2D eigenvalue weighted by Gasteiger charge is 2.43. The SMILES string of the molecule is CC12CCC(C)(CC1)CC2.CC1CCC(C)CC1.CC1CCC(C)OC1.CC1CCC(C)OC1.CC1COC(C)OC1.Cc1cc(F)c(C)c(F)c1.Cc1ccc(C)c(F)c1.Cc1ccc(C)c(F)c1.Cc1ccc(C)c(F)c1F.Cc1ccc(C)cc1. The van der Waals surface area contributed by atoms with Gasteiger partial charge in [0.1, 0.15) is 23.3 Å². The van der Waals surface area contributed by atoms with E-state index in [4.69, 9.17) is 18.9 Å². The van der Waals surface area contributed by atoms with Crippen molar-refractivity contribution in [2.75, 3.05) is 26.4 Å². The molecule has 0 spiro atoms. The van der Waals surface area contributed by atoms with Gasteiger partial charge in [0, 0.05) is 24.7 Å². The lowest BCUT2D eigenvalue weighted by atomic mass is 9.55. The predicted molar refractivity (Wildman–Crippen MR) is 358 cm³/mol. The predicted octanol–water partition coefficient (Wildman–Crippen LogP) is 23.2. The van der Waals surface area contributed by atoms with E-state index in [9.17, 15) is 26.3 Å². The van der Waals surface area contributed by atoms with E-state index in [1.807, 2.05) is 32.9 Å². The molecule has 5 aromatic carbocycles. The Morgan fingerprint density at radius 2 is 0.580 bits per heavy atom. The number of hydrogen-bond acceptors (Lipinski definition) is 4. The average molecular weight is 1230 g/mol. The molecule has 496 valence electrons. The fourth-order valence-electron chi connectivity index (χ4n) is 10.3. The first-order valence-corrected chi connectivity index (χ1v) is 33.0. The fraction of sp³-hybridized carbons (Fsp3) is 0.615. The third kappa shape index (κ3) is 33.5. The molecule has 2 bridgehead atoms. The van der Waals surface area contributed by atoms with Crippen molar-refractivity contribution < 1.29 is 45.3 Å². The Kier molecular flexibility index (Phi) is 37.2. The van der Waals surface area contributed by atoms with E-state index >= 15 is 0 Å². The lowest BCUT2D eigenvalue weighted by Crippen LogP contribution is -2.37. The summed E-state index contributed by atoms with van der Waals surface area (Å²) < 4.78 is 96.7. The molecule has 3 saturated heterocycles. The Morgan fingerprint density at radius 1 is 0.307 bits per heavy atom. The Balaban J connectivity index is 0.000000334. The van der Waals surface area contributed by atoms with Crippen molar-refractivity contribution in [2.45, 2.75) is 247 Å². The molecule has 3 heterocycles. The van der Waals surface area contributed by atoms with Crippen LogP contribution in [0.2, 0.25) is 0 Å². The Hall–Kier alpha value is -4.48. The van der Waals surface area contributed by atoms with Crippen molar-refractivity contribution in [3.8, 4) is 0 Å². The largest absolute Gasteiger partial charge is 0.378 e. The minimum Gasteiger partial charge on any atom is -0.378 e. The third-order valence-electron chi connectivity index (χ3n) is 17.8. The molecule has 3 aliphatic heterocycles. The van der Waals surface area contributed by atoms with E-state index in [0.717, 1.165) is 72.1 Å².